The van der Waals surface area contributed by atoms with Crippen LogP contribution in [0.4, 0.5) is 0 Å². The van der Waals surface area contributed by atoms with Crippen molar-refractivity contribution < 1.29 is 4.42 Å². The number of furan rings is 1. The van der Waals surface area contributed by atoms with Crippen LogP contribution in [-0.2, 0) is 6.54 Å². The predicted octanol–water partition coefficient (Wildman–Crippen LogP) is 4.41. The lowest BCUT2D eigenvalue weighted by Crippen LogP contribution is -2.36. The van der Waals surface area contributed by atoms with Crippen LogP contribution in [-0.4, -0.2) is 17.5 Å². The highest BCUT2D eigenvalue weighted by atomic mass is 32.2. The normalized spacial score (nSPS) is 22.7. The van der Waals surface area contributed by atoms with E-state index >= 15 is 0 Å². The summed E-state index contributed by atoms with van der Waals surface area (Å²) in [7, 11) is 0. The van der Waals surface area contributed by atoms with E-state index in [-0.39, 0.29) is 0 Å². The van der Waals surface area contributed by atoms with E-state index in [1.165, 1.54) is 25.0 Å². The fourth-order valence-corrected chi connectivity index (χ4v) is 3.51. The molecule has 0 aromatic carbocycles. The molecule has 0 bridgehead atoms. The summed E-state index contributed by atoms with van der Waals surface area (Å²) in [6.07, 6.45) is 5.93. The van der Waals surface area contributed by atoms with Crippen molar-refractivity contribution in [2.75, 3.05) is 12.8 Å². The maximum atomic E-state index is 5.92. The quantitative estimate of drug-likeness (QED) is 0.764. The zero-order chi connectivity index (χ0) is 13.9. The fraction of sp³-hybridized carbons (Fsp3) is 0.750. The van der Waals surface area contributed by atoms with Crippen LogP contribution in [0.2, 0.25) is 0 Å². The third-order valence-corrected chi connectivity index (χ3v) is 6.21. The molecule has 0 spiro atoms. The molecule has 0 saturated heterocycles. The SMILES string of the molecule is CCC(CC)(CNCc1ccc(C2CC2C)o1)SC. The molecule has 1 heterocycles. The van der Waals surface area contributed by atoms with Gasteiger partial charge in [0.25, 0.3) is 0 Å². The Balaban J connectivity index is 1.80. The number of hydrogen-bond acceptors (Lipinski definition) is 3. The van der Waals surface area contributed by atoms with E-state index in [2.05, 4.69) is 44.5 Å². The van der Waals surface area contributed by atoms with Crippen molar-refractivity contribution in [1.82, 2.24) is 5.32 Å². The highest BCUT2D eigenvalue weighted by molar-refractivity contribution is 8.00. The molecule has 2 rings (SSSR count). The lowest BCUT2D eigenvalue weighted by atomic mass is 10.0. The Morgan fingerprint density at radius 1 is 1.37 bits per heavy atom. The minimum atomic E-state index is 0.375. The van der Waals surface area contributed by atoms with Crippen molar-refractivity contribution in [2.45, 2.75) is 57.2 Å². The largest absolute Gasteiger partial charge is 0.464 e. The summed E-state index contributed by atoms with van der Waals surface area (Å²) in [6.45, 7) is 8.75. The molecule has 0 amide bonds. The molecule has 1 aromatic rings. The smallest absolute Gasteiger partial charge is 0.117 e. The van der Waals surface area contributed by atoms with E-state index in [1.54, 1.807) is 0 Å². The third kappa shape index (κ3) is 3.57. The molecule has 1 aliphatic rings. The first kappa shape index (κ1) is 15.0. The third-order valence-electron chi connectivity index (χ3n) is 4.63. The molecule has 2 atom stereocenters. The van der Waals surface area contributed by atoms with Crippen molar-refractivity contribution in [2.24, 2.45) is 5.92 Å². The van der Waals surface area contributed by atoms with Crippen LogP contribution in [0.1, 0.15) is 57.5 Å². The van der Waals surface area contributed by atoms with E-state index in [0.717, 1.165) is 24.8 Å². The Morgan fingerprint density at radius 2 is 2.05 bits per heavy atom. The highest BCUT2D eigenvalue weighted by Gasteiger charge is 2.36. The van der Waals surface area contributed by atoms with Crippen LogP contribution < -0.4 is 5.32 Å². The van der Waals surface area contributed by atoms with Crippen molar-refractivity contribution in [1.29, 1.82) is 0 Å². The molecule has 1 fully saturated rings. The van der Waals surface area contributed by atoms with Gasteiger partial charge >= 0.3 is 0 Å². The first-order chi connectivity index (χ1) is 9.14. The summed E-state index contributed by atoms with van der Waals surface area (Å²) in [5.41, 5.74) is 0. The molecule has 2 nitrogen and oxygen atoms in total. The highest BCUT2D eigenvalue weighted by Crippen LogP contribution is 2.47. The van der Waals surface area contributed by atoms with Crippen molar-refractivity contribution >= 4 is 11.8 Å². The van der Waals surface area contributed by atoms with E-state index < -0.39 is 0 Å². The lowest BCUT2D eigenvalue weighted by Gasteiger charge is -2.29. The summed E-state index contributed by atoms with van der Waals surface area (Å²) in [4.78, 5) is 0. The molecular weight excluding hydrogens is 254 g/mol. The predicted molar refractivity (Wildman–Crippen MR) is 83.8 cm³/mol. The Hall–Kier alpha value is -0.410. The van der Waals surface area contributed by atoms with Gasteiger partial charge in [0.15, 0.2) is 0 Å². The molecule has 19 heavy (non-hydrogen) atoms. The lowest BCUT2D eigenvalue weighted by molar-refractivity contribution is 0.426. The van der Waals surface area contributed by atoms with Gasteiger partial charge in [0.05, 0.1) is 6.54 Å². The van der Waals surface area contributed by atoms with Crippen LogP contribution in [0, 0.1) is 5.92 Å². The summed E-state index contributed by atoms with van der Waals surface area (Å²) in [6, 6.07) is 4.29. The minimum absolute atomic E-state index is 0.375. The van der Waals surface area contributed by atoms with Crippen LogP contribution in [0.25, 0.3) is 0 Å². The van der Waals surface area contributed by atoms with Crippen molar-refractivity contribution in [3.05, 3.63) is 23.7 Å². The average Bonchev–Trinajstić information content (AvgIpc) is 2.99. The van der Waals surface area contributed by atoms with Gasteiger partial charge in [-0.25, -0.2) is 0 Å². The van der Waals surface area contributed by atoms with Crippen molar-refractivity contribution in [3.63, 3.8) is 0 Å². The van der Waals surface area contributed by atoms with Gasteiger partial charge in [-0.3, -0.25) is 0 Å². The van der Waals surface area contributed by atoms with Gasteiger partial charge in [-0.2, -0.15) is 11.8 Å². The second-order valence-corrected chi connectivity index (χ2v) is 7.10. The van der Waals surface area contributed by atoms with Crippen LogP contribution in [0.5, 0.6) is 0 Å². The van der Waals surface area contributed by atoms with E-state index in [9.17, 15) is 0 Å². The van der Waals surface area contributed by atoms with Gasteiger partial charge in [-0.15, -0.1) is 0 Å². The maximum Gasteiger partial charge on any atom is 0.117 e. The molecule has 0 radical (unpaired) electrons. The fourth-order valence-electron chi connectivity index (χ4n) is 2.68. The number of thioether (sulfide) groups is 1. The van der Waals surface area contributed by atoms with E-state index in [1.807, 2.05) is 11.8 Å². The zero-order valence-corrected chi connectivity index (χ0v) is 13.5. The number of rotatable bonds is 8. The van der Waals surface area contributed by atoms with Crippen molar-refractivity contribution in [3.8, 4) is 0 Å². The summed E-state index contributed by atoms with van der Waals surface area (Å²) in [5, 5.41) is 3.56. The second-order valence-electron chi connectivity index (χ2n) is 5.82. The molecule has 108 valence electrons. The van der Waals surface area contributed by atoms with Gasteiger partial charge in [-0.1, -0.05) is 20.8 Å². The second kappa shape index (κ2) is 6.36. The van der Waals surface area contributed by atoms with Gasteiger partial charge < -0.3 is 9.73 Å². The first-order valence-electron chi connectivity index (χ1n) is 7.48. The summed E-state index contributed by atoms with van der Waals surface area (Å²) in [5.74, 6) is 3.77. The monoisotopic (exact) mass is 281 g/mol. The molecule has 0 aliphatic heterocycles. The number of nitrogens with one attached hydrogen (secondary N) is 1. The Bertz CT molecular complexity index is 389. The summed E-state index contributed by atoms with van der Waals surface area (Å²) >= 11 is 1.98. The molecule has 1 aromatic heterocycles. The van der Waals surface area contributed by atoms with Crippen LogP contribution >= 0.6 is 11.8 Å². The zero-order valence-electron chi connectivity index (χ0n) is 12.7. The average molecular weight is 281 g/mol. The Labute approximate surface area is 121 Å². The summed E-state index contributed by atoms with van der Waals surface area (Å²) < 4.78 is 6.30. The molecule has 3 heteroatoms. The van der Waals surface area contributed by atoms with Crippen LogP contribution in [0.3, 0.4) is 0 Å². The standard InChI is InChI=1S/C16H27NOS/c1-5-16(6-2,19-4)11-17-10-13-7-8-15(18-13)14-9-12(14)3/h7-8,12,14,17H,5-6,9-11H2,1-4H3. The Morgan fingerprint density at radius 3 is 2.58 bits per heavy atom. The van der Waals surface area contributed by atoms with Gasteiger partial charge in [-0.05, 0) is 43.6 Å². The molecule has 1 aliphatic carbocycles. The van der Waals surface area contributed by atoms with E-state index in [0.29, 0.717) is 10.7 Å². The number of hydrogen-bond donors (Lipinski definition) is 1. The van der Waals surface area contributed by atoms with E-state index in [4.69, 9.17) is 4.42 Å². The Kier molecular flexibility index (Phi) is 5.02. The topological polar surface area (TPSA) is 25.2 Å². The molecular formula is C16H27NOS. The minimum Gasteiger partial charge on any atom is -0.464 e. The van der Waals surface area contributed by atoms with Crippen LogP contribution in [0.15, 0.2) is 16.5 Å². The van der Waals surface area contributed by atoms with Gasteiger partial charge in [0.1, 0.15) is 11.5 Å². The maximum absolute atomic E-state index is 5.92. The molecule has 2 unspecified atom stereocenters. The molecule has 1 saturated carbocycles. The van der Waals surface area contributed by atoms with Gasteiger partial charge in [0.2, 0.25) is 0 Å². The molecule has 1 N–H and O–H groups in total. The van der Waals surface area contributed by atoms with Gasteiger partial charge in [0, 0.05) is 17.2 Å². The first-order valence-corrected chi connectivity index (χ1v) is 8.71.